The van der Waals surface area contributed by atoms with E-state index in [-0.39, 0.29) is 16.1 Å². The van der Waals surface area contributed by atoms with Crippen LogP contribution in [-0.4, -0.2) is 18.1 Å². The van der Waals surface area contributed by atoms with Crippen molar-refractivity contribution in [2.45, 2.75) is 4.90 Å². The third-order valence-electron chi connectivity index (χ3n) is 4.19. The molecule has 4 aromatic rings. The minimum absolute atomic E-state index is 0.0574. The van der Waals surface area contributed by atoms with E-state index in [9.17, 15) is 13.2 Å². The van der Waals surface area contributed by atoms with E-state index >= 15 is 0 Å². The molecule has 0 aliphatic rings. The van der Waals surface area contributed by atoms with E-state index in [1.165, 1.54) is 12.1 Å². The fraction of sp³-hybridized carbons (Fsp3) is 0. The number of hydrogen-bond donors (Lipinski definition) is 0. The topological polar surface area (TPSA) is 78.3 Å². The first-order chi connectivity index (χ1) is 14.0. The Hall–Kier alpha value is -3.71. The van der Waals surface area contributed by atoms with Crippen LogP contribution in [0, 0.1) is 0 Å². The molecule has 0 N–H and O–H groups in total. The van der Waals surface area contributed by atoms with Crippen LogP contribution in [0.3, 0.4) is 0 Å². The first-order valence-electron chi connectivity index (χ1n) is 8.79. The minimum atomic E-state index is -4.22. The second-order valence-corrected chi connectivity index (χ2v) is 7.70. The first kappa shape index (κ1) is 18.6. The number of nitrogens with zero attached hydrogens (tertiary/aromatic N) is 2. The normalized spacial score (nSPS) is 11.7. The van der Waals surface area contributed by atoms with Crippen LogP contribution in [0.25, 0.3) is 23.1 Å². The van der Waals surface area contributed by atoms with Gasteiger partial charge >= 0.3 is 10.1 Å². The molecule has 1 aromatic heterocycles. The van der Waals surface area contributed by atoms with Gasteiger partial charge in [0, 0.05) is 0 Å². The van der Waals surface area contributed by atoms with Crippen LogP contribution in [0.4, 0.5) is 0 Å². The monoisotopic (exact) mass is 404 g/mol. The zero-order valence-corrected chi connectivity index (χ0v) is 16.0. The maximum Gasteiger partial charge on any atom is 0.357 e. The Labute approximate surface area is 167 Å². The fourth-order valence-electron chi connectivity index (χ4n) is 2.77. The SMILES string of the molecule is O=c1c2ccccc2nc(/C=C/c2ccccc2)n1OS(=O)(=O)c1ccccc1. The number of rotatable bonds is 5. The Kier molecular flexibility index (Phi) is 4.97. The Morgan fingerprint density at radius 1 is 0.793 bits per heavy atom. The maximum absolute atomic E-state index is 13.0. The van der Waals surface area contributed by atoms with E-state index in [0.29, 0.717) is 10.2 Å². The van der Waals surface area contributed by atoms with Gasteiger partial charge in [0.1, 0.15) is 4.90 Å². The molecule has 0 unspecified atom stereocenters. The van der Waals surface area contributed by atoms with Crippen LogP contribution in [-0.2, 0) is 10.1 Å². The molecule has 0 saturated heterocycles. The van der Waals surface area contributed by atoms with Gasteiger partial charge in [-0.25, -0.2) is 4.98 Å². The molecule has 0 aliphatic carbocycles. The molecule has 0 radical (unpaired) electrons. The van der Waals surface area contributed by atoms with Gasteiger partial charge in [-0.3, -0.25) is 9.08 Å². The average molecular weight is 404 g/mol. The highest BCUT2D eigenvalue weighted by Crippen LogP contribution is 2.13. The van der Waals surface area contributed by atoms with Gasteiger partial charge < -0.3 is 0 Å². The molecule has 29 heavy (non-hydrogen) atoms. The Morgan fingerprint density at radius 3 is 2.14 bits per heavy atom. The highest BCUT2D eigenvalue weighted by atomic mass is 32.2. The second kappa shape index (κ2) is 7.73. The van der Waals surface area contributed by atoms with Crippen LogP contribution in [0.2, 0.25) is 0 Å². The van der Waals surface area contributed by atoms with Crippen LogP contribution in [0.15, 0.2) is 94.6 Å². The summed E-state index contributed by atoms with van der Waals surface area (Å²) in [5.74, 6) is 0.0667. The Balaban J connectivity index is 1.86. The van der Waals surface area contributed by atoms with E-state index in [1.807, 2.05) is 30.3 Å². The van der Waals surface area contributed by atoms with Gasteiger partial charge in [0.05, 0.1) is 10.9 Å². The zero-order chi connectivity index (χ0) is 20.3. The average Bonchev–Trinajstić information content (AvgIpc) is 2.76. The maximum atomic E-state index is 13.0. The van der Waals surface area contributed by atoms with Crippen LogP contribution < -0.4 is 9.84 Å². The third-order valence-corrected chi connectivity index (χ3v) is 5.39. The van der Waals surface area contributed by atoms with Crippen molar-refractivity contribution in [2.24, 2.45) is 0 Å². The van der Waals surface area contributed by atoms with Gasteiger partial charge in [-0.2, -0.15) is 8.42 Å². The van der Waals surface area contributed by atoms with E-state index in [1.54, 1.807) is 54.6 Å². The standard InChI is InChI=1S/C22H16N2O4S/c25-22-19-13-7-8-14-20(19)23-21(16-15-17-9-3-1-4-10-17)24(22)28-29(26,27)18-11-5-2-6-12-18/h1-16H/b16-15+. The molecule has 7 heteroatoms. The number of hydrogen-bond acceptors (Lipinski definition) is 5. The predicted octanol–water partition coefficient (Wildman–Crippen LogP) is 3.38. The highest BCUT2D eigenvalue weighted by Gasteiger charge is 2.20. The third kappa shape index (κ3) is 3.95. The summed E-state index contributed by atoms with van der Waals surface area (Å²) in [5.41, 5.74) is 0.706. The summed E-state index contributed by atoms with van der Waals surface area (Å²) in [5, 5.41) is 0.257. The molecule has 3 aromatic carbocycles. The second-order valence-electron chi connectivity index (χ2n) is 6.17. The molecule has 0 aliphatic heterocycles. The van der Waals surface area contributed by atoms with Gasteiger partial charge in [0.2, 0.25) is 0 Å². The summed E-state index contributed by atoms with van der Waals surface area (Å²) in [6, 6.07) is 23.7. The molecule has 0 atom stereocenters. The van der Waals surface area contributed by atoms with Crippen LogP contribution in [0.1, 0.15) is 11.4 Å². The van der Waals surface area contributed by atoms with Crippen molar-refractivity contribution in [2.75, 3.05) is 0 Å². The molecule has 0 spiro atoms. The molecular formula is C22H16N2O4S. The fourth-order valence-corrected chi connectivity index (χ4v) is 3.69. The lowest BCUT2D eigenvalue weighted by atomic mass is 10.2. The smallest absolute Gasteiger partial charge is 0.279 e. The quantitative estimate of drug-likeness (QED) is 0.510. The summed E-state index contributed by atoms with van der Waals surface area (Å²) in [4.78, 5) is 17.3. The summed E-state index contributed by atoms with van der Waals surface area (Å²) in [6.45, 7) is 0. The lowest BCUT2D eigenvalue weighted by molar-refractivity contribution is 0.262. The number of fused-ring (bicyclic) bond motifs is 1. The summed E-state index contributed by atoms with van der Waals surface area (Å²) in [7, 11) is -4.22. The first-order valence-corrected chi connectivity index (χ1v) is 10.2. The molecular weight excluding hydrogens is 388 g/mol. The molecule has 0 amide bonds. The number of aromatic nitrogens is 2. The van der Waals surface area contributed by atoms with Crippen molar-refractivity contribution >= 4 is 33.2 Å². The van der Waals surface area contributed by atoms with Gasteiger partial charge in [-0.1, -0.05) is 66.7 Å². The summed E-state index contributed by atoms with van der Waals surface area (Å²) in [6.07, 6.45) is 3.27. The molecule has 144 valence electrons. The van der Waals surface area contributed by atoms with Crippen molar-refractivity contribution in [1.29, 1.82) is 0 Å². The van der Waals surface area contributed by atoms with Crippen LogP contribution >= 0.6 is 0 Å². The highest BCUT2D eigenvalue weighted by molar-refractivity contribution is 7.87. The molecule has 0 bridgehead atoms. The number of para-hydroxylation sites is 1. The molecule has 1 heterocycles. The predicted molar refractivity (Wildman–Crippen MR) is 112 cm³/mol. The largest absolute Gasteiger partial charge is 0.357 e. The summed E-state index contributed by atoms with van der Waals surface area (Å²) < 4.78 is 31.3. The Morgan fingerprint density at radius 2 is 1.41 bits per heavy atom. The van der Waals surface area contributed by atoms with E-state index < -0.39 is 15.7 Å². The van der Waals surface area contributed by atoms with Crippen molar-refractivity contribution in [3.63, 3.8) is 0 Å². The van der Waals surface area contributed by atoms with Crippen molar-refractivity contribution in [3.8, 4) is 0 Å². The summed E-state index contributed by atoms with van der Waals surface area (Å²) >= 11 is 0. The molecule has 4 rings (SSSR count). The molecule has 0 fully saturated rings. The van der Waals surface area contributed by atoms with Crippen molar-refractivity contribution in [3.05, 3.63) is 107 Å². The lowest BCUT2D eigenvalue weighted by Crippen LogP contribution is -2.33. The zero-order valence-electron chi connectivity index (χ0n) is 15.2. The molecule has 0 saturated carbocycles. The van der Waals surface area contributed by atoms with E-state index in [4.69, 9.17) is 4.28 Å². The Bertz CT molecular complexity index is 1350. The van der Waals surface area contributed by atoms with Gasteiger partial charge in [0.15, 0.2) is 5.82 Å². The van der Waals surface area contributed by atoms with E-state index in [0.717, 1.165) is 5.56 Å². The van der Waals surface area contributed by atoms with E-state index in [2.05, 4.69) is 4.98 Å². The van der Waals surface area contributed by atoms with Crippen LogP contribution in [0.5, 0.6) is 0 Å². The molecule has 6 nitrogen and oxygen atoms in total. The van der Waals surface area contributed by atoms with Crippen molar-refractivity contribution < 1.29 is 12.7 Å². The van der Waals surface area contributed by atoms with Gasteiger partial charge in [0.25, 0.3) is 5.56 Å². The lowest BCUT2D eigenvalue weighted by Gasteiger charge is -2.12. The number of benzene rings is 3. The van der Waals surface area contributed by atoms with Gasteiger partial charge in [-0.15, -0.1) is 4.73 Å². The minimum Gasteiger partial charge on any atom is -0.279 e. The van der Waals surface area contributed by atoms with Gasteiger partial charge in [-0.05, 0) is 35.9 Å². The van der Waals surface area contributed by atoms with Crippen molar-refractivity contribution in [1.82, 2.24) is 9.71 Å².